The second kappa shape index (κ2) is 5.80. The van der Waals surface area contributed by atoms with Crippen molar-refractivity contribution in [3.05, 3.63) is 35.6 Å². The first kappa shape index (κ1) is 13.7. The molecule has 0 aromatic heterocycles. The van der Waals surface area contributed by atoms with E-state index in [9.17, 15) is 9.18 Å². The molecule has 0 saturated heterocycles. The normalized spacial score (nSPS) is 11.3. The van der Waals surface area contributed by atoms with E-state index in [1.807, 2.05) is 0 Å². The molecule has 1 amide bonds. The molecule has 1 rings (SSSR count). The molecule has 2 nitrogen and oxygen atoms in total. The maximum absolute atomic E-state index is 12.7. The van der Waals surface area contributed by atoms with Gasteiger partial charge in [0.15, 0.2) is 0 Å². The number of benzene rings is 1. The Morgan fingerprint density at radius 2 is 1.82 bits per heavy atom. The van der Waals surface area contributed by atoms with Crippen LogP contribution in [-0.4, -0.2) is 12.5 Å². The van der Waals surface area contributed by atoms with Crippen LogP contribution in [0.5, 0.6) is 0 Å². The highest BCUT2D eigenvalue weighted by Gasteiger charge is 2.10. The van der Waals surface area contributed by atoms with Gasteiger partial charge in [0.05, 0.1) is 0 Å². The van der Waals surface area contributed by atoms with Crippen molar-refractivity contribution < 1.29 is 9.18 Å². The lowest BCUT2D eigenvalue weighted by Crippen LogP contribution is -2.25. The van der Waals surface area contributed by atoms with E-state index < -0.39 is 0 Å². The van der Waals surface area contributed by atoms with Gasteiger partial charge in [0.2, 0.25) is 0 Å². The molecule has 0 unspecified atom stereocenters. The van der Waals surface area contributed by atoms with Crippen molar-refractivity contribution in [1.29, 1.82) is 0 Å². The Kier molecular flexibility index (Phi) is 4.67. The molecule has 0 bridgehead atoms. The van der Waals surface area contributed by atoms with Crippen LogP contribution >= 0.6 is 0 Å². The number of nitrogens with one attached hydrogen (secondary N) is 1. The summed E-state index contributed by atoms with van der Waals surface area (Å²) in [5.74, 6) is -0.465. The van der Waals surface area contributed by atoms with Crippen molar-refractivity contribution in [3.63, 3.8) is 0 Å². The van der Waals surface area contributed by atoms with E-state index in [1.54, 1.807) is 0 Å². The molecule has 0 saturated carbocycles. The fourth-order valence-electron chi connectivity index (χ4n) is 1.52. The van der Waals surface area contributed by atoms with Gasteiger partial charge in [-0.15, -0.1) is 0 Å². The number of rotatable bonds is 4. The van der Waals surface area contributed by atoms with Crippen LogP contribution in [0.3, 0.4) is 0 Å². The van der Waals surface area contributed by atoms with Crippen LogP contribution < -0.4 is 5.32 Å². The van der Waals surface area contributed by atoms with Crippen molar-refractivity contribution in [2.75, 3.05) is 6.54 Å². The minimum Gasteiger partial charge on any atom is -0.352 e. The third-order valence-electron chi connectivity index (χ3n) is 2.50. The molecule has 1 aromatic carbocycles. The molecule has 0 aliphatic heterocycles. The van der Waals surface area contributed by atoms with Gasteiger partial charge in [-0.3, -0.25) is 4.79 Å². The molecule has 0 fully saturated rings. The van der Waals surface area contributed by atoms with Gasteiger partial charge in [-0.05, 0) is 42.5 Å². The molecule has 0 spiro atoms. The molecule has 0 aliphatic rings. The zero-order chi connectivity index (χ0) is 12.9. The summed E-state index contributed by atoms with van der Waals surface area (Å²) in [5.41, 5.74) is 0.794. The standard InChI is InChI=1S/C14H20FNO/c1-14(2,3)9-4-10-16-13(17)11-5-7-12(15)8-6-11/h5-8H,4,9-10H2,1-3H3,(H,16,17). The second-order valence-corrected chi connectivity index (χ2v) is 5.43. The maximum atomic E-state index is 12.7. The van der Waals surface area contributed by atoms with E-state index in [0.29, 0.717) is 17.5 Å². The zero-order valence-electron chi connectivity index (χ0n) is 10.7. The average molecular weight is 237 g/mol. The Bertz CT molecular complexity index is 365. The lowest BCUT2D eigenvalue weighted by Gasteiger charge is -2.17. The SMILES string of the molecule is CC(C)(C)CCCNC(=O)c1ccc(F)cc1. The number of hydrogen-bond acceptors (Lipinski definition) is 1. The summed E-state index contributed by atoms with van der Waals surface area (Å²) in [6.45, 7) is 7.19. The molecule has 0 aliphatic carbocycles. The molecule has 0 radical (unpaired) electrons. The monoisotopic (exact) mass is 237 g/mol. The van der Waals surface area contributed by atoms with Crippen LogP contribution in [0.1, 0.15) is 44.0 Å². The molecule has 1 N–H and O–H groups in total. The van der Waals surface area contributed by atoms with Gasteiger partial charge < -0.3 is 5.32 Å². The van der Waals surface area contributed by atoms with Crippen molar-refractivity contribution in [1.82, 2.24) is 5.32 Å². The molecule has 94 valence electrons. The third kappa shape index (κ3) is 5.48. The van der Waals surface area contributed by atoms with Crippen molar-refractivity contribution >= 4 is 5.91 Å². The van der Waals surface area contributed by atoms with Gasteiger partial charge in [-0.25, -0.2) is 4.39 Å². The highest BCUT2D eigenvalue weighted by atomic mass is 19.1. The Morgan fingerprint density at radius 3 is 2.35 bits per heavy atom. The summed E-state index contributed by atoms with van der Waals surface area (Å²) in [4.78, 5) is 11.6. The van der Waals surface area contributed by atoms with Crippen molar-refractivity contribution in [2.24, 2.45) is 5.41 Å². The minimum absolute atomic E-state index is 0.140. The summed E-state index contributed by atoms with van der Waals surface area (Å²) >= 11 is 0. The van der Waals surface area contributed by atoms with Crippen molar-refractivity contribution in [2.45, 2.75) is 33.6 Å². The number of carbonyl (C=O) groups is 1. The Labute approximate surface area is 102 Å². The van der Waals surface area contributed by atoms with E-state index in [4.69, 9.17) is 0 Å². The highest BCUT2D eigenvalue weighted by Crippen LogP contribution is 2.19. The quantitative estimate of drug-likeness (QED) is 0.799. The van der Waals surface area contributed by atoms with Gasteiger partial charge in [0.1, 0.15) is 5.82 Å². The molecule has 3 heteroatoms. The molecule has 0 atom stereocenters. The lowest BCUT2D eigenvalue weighted by atomic mass is 9.91. The van der Waals surface area contributed by atoms with Crippen LogP contribution in [0.4, 0.5) is 4.39 Å². The van der Waals surface area contributed by atoms with Crippen LogP contribution in [0.15, 0.2) is 24.3 Å². The minimum atomic E-state index is -0.325. The van der Waals surface area contributed by atoms with Crippen LogP contribution in [0.2, 0.25) is 0 Å². The fraction of sp³-hybridized carbons (Fsp3) is 0.500. The molecular formula is C14H20FNO. The summed E-state index contributed by atoms with van der Waals surface area (Å²) in [5, 5.41) is 2.83. The van der Waals surface area contributed by atoms with E-state index in [2.05, 4.69) is 26.1 Å². The molecular weight excluding hydrogens is 217 g/mol. The molecule has 0 heterocycles. The highest BCUT2D eigenvalue weighted by molar-refractivity contribution is 5.94. The van der Waals surface area contributed by atoms with E-state index in [-0.39, 0.29) is 11.7 Å². The zero-order valence-corrected chi connectivity index (χ0v) is 10.7. The Morgan fingerprint density at radius 1 is 1.24 bits per heavy atom. The smallest absolute Gasteiger partial charge is 0.251 e. The maximum Gasteiger partial charge on any atom is 0.251 e. The average Bonchev–Trinajstić information content (AvgIpc) is 2.24. The summed E-state index contributed by atoms with van der Waals surface area (Å²) < 4.78 is 12.7. The lowest BCUT2D eigenvalue weighted by molar-refractivity contribution is 0.0951. The number of halogens is 1. The number of carbonyl (C=O) groups excluding carboxylic acids is 1. The summed E-state index contributed by atoms with van der Waals surface area (Å²) in [6.07, 6.45) is 2.02. The summed E-state index contributed by atoms with van der Waals surface area (Å²) in [7, 11) is 0. The predicted octanol–water partition coefficient (Wildman–Crippen LogP) is 3.38. The van der Waals surface area contributed by atoms with Crippen LogP contribution in [0, 0.1) is 11.2 Å². The van der Waals surface area contributed by atoms with E-state index in [1.165, 1.54) is 24.3 Å². The number of hydrogen-bond donors (Lipinski definition) is 1. The van der Waals surface area contributed by atoms with Gasteiger partial charge in [0.25, 0.3) is 5.91 Å². The van der Waals surface area contributed by atoms with Gasteiger partial charge in [-0.1, -0.05) is 20.8 Å². The largest absolute Gasteiger partial charge is 0.352 e. The van der Waals surface area contributed by atoms with Gasteiger partial charge in [-0.2, -0.15) is 0 Å². The van der Waals surface area contributed by atoms with Crippen molar-refractivity contribution in [3.8, 4) is 0 Å². The van der Waals surface area contributed by atoms with Crippen LogP contribution in [-0.2, 0) is 0 Å². The third-order valence-corrected chi connectivity index (χ3v) is 2.50. The first-order valence-corrected chi connectivity index (χ1v) is 5.92. The molecule has 1 aromatic rings. The van der Waals surface area contributed by atoms with Gasteiger partial charge in [0, 0.05) is 12.1 Å². The first-order valence-electron chi connectivity index (χ1n) is 5.92. The van der Waals surface area contributed by atoms with Gasteiger partial charge >= 0.3 is 0 Å². The predicted molar refractivity (Wildman–Crippen MR) is 67.4 cm³/mol. The Balaban J connectivity index is 2.33. The van der Waals surface area contributed by atoms with Crippen LogP contribution in [0.25, 0.3) is 0 Å². The molecule has 17 heavy (non-hydrogen) atoms. The first-order chi connectivity index (χ1) is 7.88. The van der Waals surface area contributed by atoms with E-state index >= 15 is 0 Å². The second-order valence-electron chi connectivity index (χ2n) is 5.43. The van der Waals surface area contributed by atoms with E-state index in [0.717, 1.165) is 12.8 Å². The number of amides is 1. The fourth-order valence-corrected chi connectivity index (χ4v) is 1.52. The summed E-state index contributed by atoms with van der Waals surface area (Å²) in [6, 6.07) is 5.58. The topological polar surface area (TPSA) is 29.1 Å². The Hall–Kier alpha value is -1.38.